The average molecular weight is 474 g/mol. The molecule has 1 aromatic rings. The molecule has 0 spiro atoms. The minimum atomic E-state index is -3.48. The maximum atomic E-state index is 16.2. The first-order chi connectivity index (χ1) is 14.0. The van der Waals surface area contributed by atoms with E-state index in [0.29, 0.717) is 21.3 Å². The zero-order valence-corrected chi connectivity index (χ0v) is 21.8. The van der Waals surface area contributed by atoms with Crippen molar-refractivity contribution in [3.05, 3.63) is 29.3 Å². The molecule has 2 heterocycles. The molecular formula is C24H37F2NO2S2. The molecule has 3 nitrogen and oxygen atoms in total. The molecule has 1 aromatic heterocycles. The molecule has 0 radical (unpaired) electrons. The van der Waals surface area contributed by atoms with Crippen molar-refractivity contribution in [2.75, 3.05) is 5.75 Å². The summed E-state index contributed by atoms with van der Waals surface area (Å²) in [7, 11) is -4.79. The van der Waals surface area contributed by atoms with Gasteiger partial charge in [-0.1, -0.05) is 54.4 Å². The molecule has 0 bridgehead atoms. The number of sulfone groups is 1. The lowest BCUT2D eigenvalue weighted by Crippen LogP contribution is -2.51. The summed E-state index contributed by atoms with van der Waals surface area (Å²) in [6, 6.07) is 1.44. The van der Waals surface area contributed by atoms with Gasteiger partial charge in [-0.2, -0.15) is 14.4 Å². The van der Waals surface area contributed by atoms with Gasteiger partial charge in [-0.05, 0) is 40.9 Å². The maximum absolute atomic E-state index is 16.2. The van der Waals surface area contributed by atoms with Crippen molar-refractivity contribution in [2.24, 2.45) is 5.92 Å². The van der Waals surface area contributed by atoms with Gasteiger partial charge in [0.2, 0.25) is 5.95 Å². The van der Waals surface area contributed by atoms with E-state index in [1.54, 1.807) is 0 Å². The van der Waals surface area contributed by atoms with E-state index in [1.807, 2.05) is 0 Å². The summed E-state index contributed by atoms with van der Waals surface area (Å²) in [6.45, 7) is 17.6. The fourth-order valence-electron chi connectivity index (χ4n) is 4.89. The van der Waals surface area contributed by atoms with Gasteiger partial charge in [0.1, 0.15) is 5.67 Å². The van der Waals surface area contributed by atoms with Gasteiger partial charge in [0.15, 0.2) is 9.84 Å². The van der Waals surface area contributed by atoms with E-state index in [1.165, 1.54) is 33.0 Å². The predicted molar refractivity (Wildman–Crippen MR) is 129 cm³/mol. The van der Waals surface area contributed by atoms with Crippen LogP contribution in [0.25, 0.3) is 0 Å². The van der Waals surface area contributed by atoms with E-state index in [4.69, 9.17) is 0 Å². The molecule has 7 heteroatoms. The molecular weight excluding hydrogens is 436 g/mol. The van der Waals surface area contributed by atoms with Crippen LogP contribution in [0.15, 0.2) is 12.3 Å². The van der Waals surface area contributed by atoms with Crippen molar-refractivity contribution < 1.29 is 17.2 Å². The highest BCUT2D eigenvalue weighted by atomic mass is 32.3. The van der Waals surface area contributed by atoms with Gasteiger partial charge in [0, 0.05) is 29.7 Å². The van der Waals surface area contributed by atoms with Crippen molar-refractivity contribution in [2.45, 2.75) is 94.9 Å². The fourth-order valence-corrected chi connectivity index (χ4v) is 11.0. The molecule has 2 unspecified atom stereocenters. The van der Waals surface area contributed by atoms with Crippen molar-refractivity contribution in [3.63, 3.8) is 0 Å². The molecule has 176 valence electrons. The van der Waals surface area contributed by atoms with E-state index in [9.17, 15) is 12.8 Å². The summed E-state index contributed by atoms with van der Waals surface area (Å²) in [5.41, 5.74) is -1.85. The Morgan fingerprint density at radius 2 is 1.65 bits per heavy atom. The molecule has 1 aliphatic heterocycles. The number of pyridine rings is 1. The second-order valence-corrected chi connectivity index (χ2v) is 17.4. The Labute approximate surface area is 189 Å². The Balaban J connectivity index is 2.59. The third-order valence-corrected chi connectivity index (χ3v) is 14.7. The van der Waals surface area contributed by atoms with Gasteiger partial charge in [0.25, 0.3) is 0 Å². The lowest BCUT2D eigenvalue weighted by molar-refractivity contribution is 0.0627. The van der Waals surface area contributed by atoms with Gasteiger partial charge >= 0.3 is 0 Å². The van der Waals surface area contributed by atoms with Gasteiger partial charge in [-0.3, -0.25) is 0 Å². The first-order valence-electron chi connectivity index (χ1n) is 10.9. The molecule has 1 aliphatic rings. The zero-order chi connectivity index (χ0) is 24.0. The van der Waals surface area contributed by atoms with Crippen LogP contribution in [-0.2, 0) is 15.5 Å². The van der Waals surface area contributed by atoms with Gasteiger partial charge in [-0.25, -0.2) is 17.8 Å². The van der Waals surface area contributed by atoms with Crippen LogP contribution in [-0.4, -0.2) is 39.7 Å². The molecule has 1 saturated heterocycles. The number of halogens is 2. The number of aromatic nitrogens is 1. The highest BCUT2D eigenvalue weighted by molar-refractivity contribution is 8.38. The van der Waals surface area contributed by atoms with Crippen LogP contribution in [0.4, 0.5) is 8.78 Å². The second-order valence-electron chi connectivity index (χ2n) is 10.2. The second kappa shape index (κ2) is 8.67. The van der Waals surface area contributed by atoms with Crippen molar-refractivity contribution in [1.29, 1.82) is 0 Å². The van der Waals surface area contributed by atoms with E-state index >= 15 is 4.39 Å². The first kappa shape index (κ1) is 26.1. The Hall–Kier alpha value is -1.13. The fraction of sp³-hybridized carbons (Fsp3) is 0.708. The summed E-state index contributed by atoms with van der Waals surface area (Å²) in [5, 5.41) is 4.64. The highest BCUT2D eigenvalue weighted by Crippen LogP contribution is 2.59. The van der Waals surface area contributed by atoms with Gasteiger partial charge < -0.3 is 0 Å². The standard InChI is InChI=1S/C24H37F2NO2S2/c1-16(2)30(17(3)4,18(5)6)11-10-20-12-21(22(25)27-13-20)24(26)15-23(8,9)31(28,29)14-19(24)7/h12-13,16-19H,14-15H2,1-9H3. The minimum Gasteiger partial charge on any atom is -0.238 e. The monoisotopic (exact) mass is 473 g/mol. The summed E-state index contributed by atoms with van der Waals surface area (Å²) in [4.78, 5) is 3.80. The van der Waals surface area contributed by atoms with Crippen LogP contribution >= 0.6 is 10.0 Å². The van der Waals surface area contributed by atoms with Crippen LogP contribution in [0.1, 0.15) is 79.9 Å². The van der Waals surface area contributed by atoms with Crippen molar-refractivity contribution in [1.82, 2.24) is 4.98 Å². The van der Waals surface area contributed by atoms with Crippen LogP contribution in [0.5, 0.6) is 0 Å². The molecule has 31 heavy (non-hydrogen) atoms. The molecule has 2 atom stereocenters. The van der Waals surface area contributed by atoms with Crippen molar-refractivity contribution >= 4 is 19.9 Å². The summed E-state index contributed by atoms with van der Waals surface area (Å²) in [5.74, 6) is 1.08. The van der Waals surface area contributed by atoms with Crippen LogP contribution in [0.3, 0.4) is 0 Å². The summed E-state index contributed by atoms with van der Waals surface area (Å²) >= 11 is 0. The van der Waals surface area contributed by atoms with Gasteiger partial charge in [-0.15, -0.1) is 0 Å². The third-order valence-electron chi connectivity index (χ3n) is 6.77. The number of hydrogen-bond donors (Lipinski definition) is 0. The number of hydrogen-bond acceptors (Lipinski definition) is 3. The molecule has 0 amide bonds. The zero-order valence-electron chi connectivity index (χ0n) is 20.2. The quantitative estimate of drug-likeness (QED) is 0.401. The molecule has 0 saturated carbocycles. The smallest absolute Gasteiger partial charge is 0.219 e. The Bertz CT molecular complexity index is 969. The Morgan fingerprint density at radius 3 is 2.13 bits per heavy atom. The average Bonchev–Trinajstić information content (AvgIpc) is 2.60. The van der Waals surface area contributed by atoms with E-state index in [-0.39, 0.29) is 17.7 Å². The van der Waals surface area contributed by atoms with Gasteiger partial charge in [0.05, 0.1) is 10.5 Å². The van der Waals surface area contributed by atoms with E-state index in [2.05, 4.69) is 57.7 Å². The lowest BCUT2D eigenvalue weighted by atomic mass is 9.78. The van der Waals surface area contributed by atoms with Crippen LogP contribution in [0.2, 0.25) is 0 Å². The minimum absolute atomic E-state index is 0.186. The Kier molecular flexibility index (Phi) is 7.30. The number of nitrogens with zero attached hydrogens (tertiary/aromatic N) is 1. The third kappa shape index (κ3) is 4.53. The normalized spacial score (nSPS) is 26.1. The Morgan fingerprint density at radius 1 is 1.13 bits per heavy atom. The molecule has 2 rings (SSSR count). The number of alkyl halides is 1. The first-order valence-corrected chi connectivity index (χ1v) is 14.4. The topological polar surface area (TPSA) is 47.0 Å². The molecule has 0 aromatic carbocycles. The summed E-state index contributed by atoms with van der Waals surface area (Å²) < 4.78 is 54.7. The van der Waals surface area contributed by atoms with Crippen molar-refractivity contribution in [3.8, 4) is 11.2 Å². The highest BCUT2D eigenvalue weighted by Gasteiger charge is 2.55. The summed E-state index contributed by atoms with van der Waals surface area (Å²) in [6.07, 6.45) is 1.04. The van der Waals surface area contributed by atoms with Crippen LogP contribution in [0, 0.1) is 23.0 Å². The lowest BCUT2D eigenvalue weighted by Gasteiger charge is -2.46. The van der Waals surface area contributed by atoms with Crippen LogP contribution < -0.4 is 0 Å². The molecule has 1 fully saturated rings. The largest absolute Gasteiger partial charge is 0.238 e. The maximum Gasteiger partial charge on any atom is 0.219 e. The van der Waals surface area contributed by atoms with E-state index in [0.717, 1.165) is 0 Å². The molecule has 0 N–H and O–H groups in total. The number of rotatable bonds is 4. The van der Waals surface area contributed by atoms with E-state index < -0.39 is 42.1 Å². The molecule has 0 aliphatic carbocycles. The SMILES string of the molecule is CC1CS(=O)(=O)C(C)(C)CC1(F)c1cc(C#CS(C(C)C)(C(C)C)C(C)C)cnc1F. The predicted octanol–water partition coefficient (Wildman–Crippen LogP) is 5.96.